The Bertz CT molecular complexity index is 581. The number of carbonyl (C=O) groups excluding carboxylic acids is 1. The van der Waals surface area contributed by atoms with Gasteiger partial charge in [-0.1, -0.05) is 6.42 Å². The minimum Gasteiger partial charge on any atom is -0.345 e. The number of hydrogen-bond donors (Lipinski definition) is 0. The summed E-state index contributed by atoms with van der Waals surface area (Å²) in [4.78, 5) is 16.3. The first kappa shape index (κ1) is 17.3. The van der Waals surface area contributed by atoms with E-state index in [1.54, 1.807) is 0 Å². The summed E-state index contributed by atoms with van der Waals surface area (Å²) in [6, 6.07) is 3.63. The Kier molecular flexibility index (Phi) is 5.49. The number of benzene rings is 1. The molecule has 0 bridgehead atoms. The Morgan fingerprint density at radius 1 is 1.21 bits per heavy atom. The molecular weight excluding hydrogens is 310 g/mol. The summed E-state index contributed by atoms with van der Waals surface area (Å²) in [5.74, 6) is 0.325. The topological polar surface area (TPSA) is 23.6 Å². The van der Waals surface area contributed by atoms with Crippen LogP contribution >= 0.6 is 0 Å². The van der Waals surface area contributed by atoms with E-state index in [1.807, 2.05) is 11.9 Å². The molecule has 0 unspecified atom stereocenters. The van der Waals surface area contributed by atoms with Crippen LogP contribution in [-0.2, 0) is 11.3 Å². The van der Waals surface area contributed by atoms with Crippen molar-refractivity contribution in [2.75, 3.05) is 26.7 Å². The predicted molar refractivity (Wildman–Crippen MR) is 89.3 cm³/mol. The van der Waals surface area contributed by atoms with E-state index in [0.29, 0.717) is 23.9 Å². The molecule has 3 nitrogen and oxygen atoms in total. The van der Waals surface area contributed by atoms with E-state index >= 15 is 0 Å². The molecular formula is C19H26F2N2O. The molecule has 2 aliphatic rings. The van der Waals surface area contributed by atoms with Crippen LogP contribution in [0, 0.1) is 23.5 Å². The van der Waals surface area contributed by atoms with Gasteiger partial charge in [0.05, 0.1) is 0 Å². The molecule has 1 saturated carbocycles. The number of piperidine rings is 1. The normalized spacial score (nSPS) is 20.0. The predicted octanol–water partition coefficient (Wildman–Crippen LogP) is 3.44. The molecule has 5 heteroatoms. The molecule has 0 radical (unpaired) electrons. The number of carbonyl (C=O) groups is 1. The fourth-order valence-corrected chi connectivity index (χ4v) is 3.68. The van der Waals surface area contributed by atoms with Gasteiger partial charge >= 0.3 is 0 Å². The van der Waals surface area contributed by atoms with Crippen LogP contribution < -0.4 is 0 Å². The van der Waals surface area contributed by atoms with Crippen LogP contribution in [0.5, 0.6) is 0 Å². The van der Waals surface area contributed by atoms with Gasteiger partial charge in [-0.25, -0.2) is 8.78 Å². The largest absolute Gasteiger partial charge is 0.345 e. The first-order valence-corrected chi connectivity index (χ1v) is 8.94. The first-order chi connectivity index (χ1) is 11.5. The number of rotatable bonds is 5. The van der Waals surface area contributed by atoms with Gasteiger partial charge in [0.15, 0.2) is 0 Å². The maximum Gasteiger partial charge on any atom is 0.225 e. The van der Waals surface area contributed by atoms with Crippen molar-refractivity contribution in [1.29, 1.82) is 0 Å². The number of likely N-dealkylation sites (tertiary alicyclic amines) is 1. The average molecular weight is 336 g/mol. The summed E-state index contributed by atoms with van der Waals surface area (Å²) in [6.45, 7) is 3.00. The fraction of sp³-hybridized carbons (Fsp3) is 0.632. The zero-order valence-electron chi connectivity index (χ0n) is 14.3. The van der Waals surface area contributed by atoms with Gasteiger partial charge in [-0.15, -0.1) is 0 Å². The number of nitrogens with zero attached hydrogens (tertiary/aromatic N) is 2. The third kappa shape index (κ3) is 4.12. The molecule has 2 fully saturated rings. The van der Waals surface area contributed by atoms with Gasteiger partial charge in [-0.2, -0.15) is 0 Å². The van der Waals surface area contributed by atoms with Gasteiger partial charge in [0, 0.05) is 31.6 Å². The van der Waals surface area contributed by atoms with Crippen molar-refractivity contribution in [3.05, 3.63) is 35.4 Å². The van der Waals surface area contributed by atoms with Crippen molar-refractivity contribution in [1.82, 2.24) is 9.80 Å². The fourth-order valence-electron chi connectivity index (χ4n) is 3.68. The van der Waals surface area contributed by atoms with Gasteiger partial charge in [-0.3, -0.25) is 9.69 Å². The van der Waals surface area contributed by atoms with Crippen LogP contribution in [0.2, 0.25) is 0 Å². The molecule has 1 amide bonds. The summed E-state index contributed by atoms with van der Waals surface area (Å²) in [6.07, 6.45) is 5.26. The minimum absolute atomic E-state index is 0.256. The maximum atomic E-state index is 13.7. The van der Waals surface area contributed by atoms with Gasteiger partial charge < -0.3 is 4.90 Å². The highest BCUT2D eigenvalue weighted by Crippen LogP contribution is 2.29. The SMILES string of the molecule is CN(CC1CCN(Cc2cc(F)ccc2F)CC1)C(=O)C1CCC1. The van der Waals surface area contributed by atoms with Crippen molar-refractivity contribution in [3.8, 4) is 0 Å². The molecule has 1 aliphatic heterocycles. The van der Waals surface area contributed by atoms with E-state index in [0.717, 1.165) is 51.4 Å². The molecule has 1 aromatic rings. The highest BCUT2D eigenvalue weighted by atomic mass is 19.1. The van der Waals surface area contributed by atoms with Crippen molar-refractivity contribution in [2.45, 2.75) is 38.6 Å². The molecule has 0 atom stereocenters. The van der Waals surface area contributed by atoms with E-state index in [-0.39, 0.29) is 11.7 Å². The van der Waals surface area contributed by atoms with E-state index in [1.165, 1.54) is 18.6 Å². The monoisotopic (exact) mass is 336 g/mol. The van der Waals surface area contributed by atoms with E-state index in [4.69, 9.17) is 0 Å². The number of amides is 1. The van der Waals surface area contributed by atoms with Crippen molar-refractivity contribution in [2.24, 2.45) is 11.8 Å². The second-order valence-corrected chi connectivity index (χ2v) is 7.30. The third-order valence-corrected chi connectivity index (χ3v) is 5.47. The standard InChI is InChI=1S/C19H26F2N2O/c1-22(19(24)15-3-2-4-15)12-14-7-9-23(10-8-14)13-16-11-17(20)5-6-18(16)21/h5-6,11,14-15H,2-4,7-10,12-13H2,1H3. The molecule has 1 heterocycles. The van der Waals surface area contributed by atoms with Gasteiger partial charge in [0.2, 0.25) is 5.91 Å². The average Bonchev–Trinajstić information content (AvgIpc) is 2.51. The van der Waals surface area contributed by atoms with Gasteiger partial charge in [-0.05, 0) is 62.9 Å². The Hall–Kier alpha value is -1.49. The maximum absolute atomic E-state index is 13.7. The second-order valence-electron chi connectivity index (χ2n) is 7.30. The summed E-state index contributed by atoms with van der Waals surface area (Å²) in [5.41, 5.74) is 0.422. The lowest BCUT2D eigenvalue weighted by Crippen LogP contribution is -2.42. The Morgan fingerprint density at radius 2 is 1.92 bits per heavy atom. The lowest BCUT2D eigenvalue weighted by Gasteiger charge is -2.35. The van der Waals surface area contributed by atoms with Crippen LogP contribution in [0.4, 0.5) is 8.78 Å². The summed E-state index contributed by atoms with van der Waals surface area (Å²) >= 11 is 0. The molecule has 1 aliphatic carbocycles. The van der Waals surface area contributed by atoms with Crippen LogP contribution in [0.15, 0.2) is 18.2 Å². The Morgan fingerprint density at radius 3 is 2.54 bits per heavy atom. The summed E-state index contributed by atoms with van der Waals surface area (Å²) < 4.78 is 27.0. The molecule has 0 spiro atoms. The van der Waals surface area contributed by atoms with E-state index < -0.39 is 5.82 Å². The zero-order chi connectivity index (χ0) is 17.1. The smallest absolute Gasteiger partial charge is 0.225 e. The summed E-state index contributed by atoms with van der Waals surface area (Å²) in [5, 5.41) is 0. The van der Waals surface area contributed by atoms with E-state index in [9.17, 15) is 13.6 Å². The molecule has 0 aromatic heterocycles. The lowest BCUT2D eigenvalue weighted by atomic mass is 9.84. The van der Waals surface area contributed by atoms with Gasteiger partial charge in [0.25, 0.3) is 0 Å². The van der Waals surface area contributed by atoms with Crippen molar-refractivity contribution in [3.63, 3.8) is 0 Å². The van der Waals surface area contributed by atoms with Crippen LogP contribution in [0.1, 0.15) is 37.7 Å². The Balaban J connectivity index is 1.45. The molecule has 0 N–H and O–H groups in total. The highest BCUT2D eigenvalue weighted by Gasteiger charge is 2.29. The molecule has 132 valence electrons. The van der Waals surface area contributed by atoms with Crippen molar-refractivity contribution < 1.29 is 13.6 Å². The number of hydrogen-bond acceptors (Lipinski definition) is 2. The Labute approximate surface area is 142 Å². The third-order valence-electron chi connectivity index (χ3n) is 5.47. The quantitative estimate of drug-likeness (QED) is 0.822. The second kappa shape index (κ2) is 7.60. The van der Waals surface area contributed by atoms with Crippen LogP contribution in [0.3, 0.4) is 0 Å². The van der Waals surface area contributed by atoms with Crippen LogP contribution in [0.25, 0.3) is 0 Å². The minimum atomic E-state index is -0.391. The molecule has 1 aromatic carbocycles. The molecule has 1 saturated heterocycles. The zero-order valence-corrected chi connectivity index (χ0v) is 14.3. The van der Waals surface area contributed by atoms with Gasteiger partial charge in [0.1, 0.15) is 11.6 Å². The van der Waals surface area contributed by atoms with Crippen molar-refractivity contribution >= 4 is 5.91 Å². The number of halogens is 2. The highest BCUT2D eigenvalue weighted by molar-refractivity contribution is 5.79. The first-order valence-electron chi connectivity index (χ1n) is 8.94. The molecule has 24 heavy (non-hydrogen) atoms. The summed E-state index contributed by atoms with van der Waals surface area (Å²) in [7, 11) is 1.91. The molecule has 3 rings (SSSR count). The lowest BCUT2D eigenvalue weighted by molar-refractivity contribution is -0.137. The van der Waals surface area contributed by atoms with Crippen LogP contribution in [-0.4, -0.2) is 42.4 Å². The van der Waals surface area contributed by atoms with E-state index in [2.05, 4.69) is 4.90 Å².